The fraction of sp³-hybridized carbons (Fsp3) is 0.111. The van der Waals surface area contributed by atoms with Gasteiger partial charge in [-0.15, -0.1) is 0 Å². The number of aromatic amines is 2. The second-order valence-electron chi connectivity index (χ2n) is 3.67. The Morgan fingerprint density at radius 2 is 1.75 bits per heavy atom. The Labute approximate surface area is 111 Å². The second kappa shape index (κ2) is 4.34. The molecule has 0 saturated carbocycles. The highest BCUT2D eigenvalue weighted by atomic mass is 35.5. The number of nitro groups is 1. The van der Waals surface area contributed by atoms with Gasteiger partial charge in [0.2, 0.25) is 0 Å². The lowest BCUT2D eigenvalue weighted by molar-refractivity contribution is -0.386. The molecule has 1 aromatic carbocycles. The van der Waals surface area contributed by atoms with Crippen molar-refractivity contribution in [1.29, 1.82) is 0 Å². The predicted molar refractivity (Wildman–Crippen MR) is 61.9 cm³/mol. The maximum atomic E-state index is 12.8. The molecule has 0 radical (unpaired) electrons. The van der Waals surface area contributed by atoms with Gasteiger partial charge in [-0.2, -0.15) is 13.2 Å². The third-order valence-corrected chi connectivity index (χ3v) is 2.71. The molecule has 2 rings (SSSR count). The van der Waals surface area contributed by atoms with Gasteiger partial charge in [0.1, 0.15) is 5.52 Å². The van der Waals surface area contributed by atoms with E-state index in [-0.39, 0.29) is 5.52 Å². The van der Waals surface area contributed by atoms with Crippen molar-refractivity contribution < 1.29 is 18.1 Å². The zero-order valence-corrected chi connectivity index (χ0v) is 9.93. The Morgan fingerprint density at radius 3 is 2.25 bits per heavy atom. The summed E-state index contributed by atoms with van der Waals surface area (Å²) in [6.07, 6.45) is -5.10. The molecule has 106 valence electrons. The molecular formula is C9H3ClF3N3O4. The van der Waals surface area contributed by atoms with Crippen LogP contribution >= 0.6 is 11.6 Å². The number of H-pyrrole nitrogens is 2. The highest BCUT2D eigenvalue weighted by Crippen LogP contribution is 2.43. The molecule has 11 heteroatoms. The summed E-state index contributed by atoms with van der Waals surface area (Å²) in [5.74, 6) is 0. The van der Waals surface area contributed by atoms with Crippen molar-refractivity contribution in [2.75, 3.05) is 0 Å². The molecule has 2 N–H and O–H groups in total. The Morgan fingerprint density at radius 1 is 1.20 bits per heavy atom. The van der Waals surface area contributed by atoms with Crippen LogP contribution < -0.4 is 11.1 Å². The molecule has 0 saturated heterocycles. The number of nitrogens with zero attached hydrogens (tertiary/aromatic N) is 1. The smallest absolute Gasteiger partial charge is 0.316 e. The lowest BCUT2D eigenvalue weighted by Gasteiger charge is -2.11. The first-order chi connectivity index (χ1) is 9.12. The third kappa shape index (κ3) is 2.13. The topological polar surface area (TPSA) is 109 Å². The van der Waals surface area contributed by atoms with E-state index in [2.05, 4.69) is 0 Å². The summed E-state index contributed by atoms with van der Waals surface area (Å²) < 4.78 is 38.5. The van der Waals surface area contributed by atoms with Gasteiger partial charge in [0.25, 0.3) is 0 Å². The monoisotopic (exact) mass is 309 g/mol. The summed E-state index contributed by atoms with van der Waals surface area (Å²) >= 11 is 5.39. The fourth-order valence-electron chi connectivity index (χ4n) is 1.66. The van der Waals surface area contributed by atoms with Crippen molar-refractivity contribution in [1.82, 2.24) is 9.97 Å². The number of alkyl halides is 3. The van der Waals surface area contributed by atoms with Crippen LogP contribution in [0.1, 0.15) is 5.56 Å². The number of nitro benzene ring substituents is 1. The van der Waals surface area contributed by atoms with Gasteiger partial charge in [-0.1, -0.05) is 11.6 Å². The van der Waals surface area contributed by atoms with E-state index in [0.29, 0.717) is 6.07 Å². The van der Waals surface area contributed by atoms with Crippen molar-refractivity contribution in [3.63, 3.8) is 0 Å². The van der Waals surface area contributed by atoms with E-state index in [9.17, 15) is 32.9 Å². The molecular weight excluding hydrogens is 307 g/mol. The number of hydrogen-bond donors (Lipinski definition) is 2. The average Bonchev–Trinajstić information content (AvgIpc) is 2.28. The maximum absolute atomic E-state index is 12.8. The van der Waals surface area contributed by atoms with Crippen LogP contribution in [0.15, 0.2) is 15.7 Å². The van der Waals surface area contributed by atoms with Crippen LogP contribution in [0.5, 0.6) is 0 Å². The van der Waals surface area contributed by atoms with E-state index >= 15 is 0 Å². The van der Waals surface area contributed by atoms with E-state index < -0.39 is 44.0 Å². The lowest BCUT2D eigenvalue weighted by atomic mass is 10.1. The molecule has 0 unspecified atom stereocenters. The number of rotatable bonds is 1. The van der Waals surface area contributed by atoms with Crippen LogP contribution in [-0.2, 0) is 6.18 Å². The molecule has 1 aromatic heterocycles. The molecule has 0 atom stereocenters. The van der Waals surface area contributed by atoms with Crippen molar-refractivity contribution in [2.45, 2.75) is 6.18 Å². The molecule has 7 nitrogen and oxygen atoms in total. The van der Waals surface area contributed by atoms with Gasteiger partial charge in [0, 0.05) is 0 Å². The number of fused-ring (bicyclic) bond motifs is 1. The Kier molecular flexibility index (Phi) is 3.05. The maximum Gasteiger partial charge on any atom is 0.424 e. The largest absolute Gasteiger partial charge is 0.424 e. The minimum atomic E-state index is -5.10. The number of halogens is 4. The molecule has 1 heterocycles. The van der Waals surface area contributed by atoms with Crippen molar-refractivity contribution in [3.8, 4) is 0 Å². The lowest BCUT2D eigenvalue weighted by Crippen LogP contribution is -2.29. The normalized spacial score (nSPS) is 11.8. The van der Waals surface area contributed by atoms with Gasteiger partial charge in [-0.05, 0) is 6.07 Å². The zero-order chi connectivity index (χ0) is 15.2. The molecule has 0 fully saturated rings. The molecule has 2 aromatic rings. The third-order valence-electron chi connectivity index (χ3n) is 2.41. The van der Waals surface area contributed by atoms with Gasteiger partial charge < -0.3 is 9.97 Å². The number of aromatic nitrogens is 2. The van der Waals surface area contributed by atoms with Crippen molar-refractivity contribution >= 4 is 28.3 Å². The first-order valence-corrected chi connectivity index (χ1v) is 5.21. The van der Waals surface area contributed by atoms with E-state index in [1.807, 2.05) is 4.98 Å². The number of nitrogens with one attached hydrogen (secondary N) is 2. The molecule has 20 heavy (non-hydrogen) atoms. The Balaban J connectivity index is 3.10. The molecule has 0 spiro atoms. The summed E-state index contributed by atoms with van der Waals surface area (Å²) in [6.45, 7) is 0. The van der Waals surface area contributed by atoms with Crippen molar-refractivity contribution in [3.05, 3.63) is 47.5 Å². The fourth-order valence-corrected chi connectivity index (χ4v) is 1.97. The second-order valence-corrected chi connectivity index (χ2v) is 4.07. The van der Waals surface area contributed by atoms with Gasteiger partial charge >= 0.3 is 23.0 Å². The van der Waals surface area contributed by atoms with Crippen LogP contribution in [0.25, 0.3) is 11.0 Å². The molecule has 0 aliphatic carbocycles. The van der Waals surface area contributed by atoms with Crippen LogP contribution in [0.2, 0.25) is 5.02 Å². The zero-order valence-electron chi connectivity index (χ0n) is 9.17. The highest BCUT2D eigenvalue weighted by Gasteiger charge is 2.42. The van der Waals surface area contributed by atoms with Crippen LogP contribution in [0.4, 0.5) is 18.9 Å². The van der Waals surface area contributed by atoms with E-state index in [4.69, 9.17) is 11.6 Å². The number of benzene rings is 1. The van der Waals surface area contributed by atoms with Crippen LogP contribution in [0, 0.1) is 10.1 Å². The summed E-state index contributed by atoms with van der Waals surface area (Å²) in [4.78, 5) is 35.4. The predicted octanol–water partition coefficient (Wildman–Crippen LogP) is 1.80. The SMILES string of the molecule is O=c1[nH]c2cc(Cl)c(C(F)(F)F)c([N+](=O)[O-])c2[nH]c1=O. The number of hydrogen-bond acceptors (Lipinski definition) is 4. The first-order valence-electron chi connectivity index (χ1n) is 4.83. The van der Waals surface area contributed by atoms with Gasteiger partial charge in [0.05, 0.1) is 15.5 Å². The summed E-state index contributed by atoms with van der Waals surface area (Å²) in [5, 5.41) is 9.90. The minimum absolute atomic E-state index is 0.376. The van der Waals surface area contributed by atoms with Crippen molar-refractivity contribution in [2.24, 2.45) is 0 Å². The van der Waals surface area contributed by atoms with E-state index in [0.717, 1.165) is 0 Å². The van der Waals surface area contributed by atoms with Crippen LogP contribution in [0.3, 0.4) is 0 Å². The Hall–Kier alpha value is -2.36. The van der Waals surface area contributed by atoms with E-state index in [1.54, 1.807) is 4.98 Å². The molecule has 0 aliphatic heterocycles. The Bertz CT molecular complexity index is 839. The first kappa shape index (κ1) is 14.1. The van der Waals surface area contributed by atoms with Crippen LogP contribution in [-0.4, -0.2) is 14.9 Å². The summed E-state index contributed by atoms with van der Waals surface area (Å²) in [5.41, 5.74) is -6.72. The summed E-state index contributed by atoms with van der Waals surface area (Å²) in [7, 11) is 0. The standard InChI is InChI=1S/C9H3ClF3N3O4/c10-2-1-3-5(15-8(18)7(17)14-3)6(16(19)20)4(2)9(11,12)13/h1H,(H,14,17)(H,15,18). The van der Waals surface area contributed by atoms with Gasteiger partial charge in [-0.3, -0.25) is 19.7 Å². The highest BCUT2D eigenvalue weighted by molar-refractivity contribution is 6.32. The molecule has 0 amide bonds. The minimum Gasteiger partial charge on any atom is -0.316 e. The quantitative estimate of drug-likeness (QED) is 0.475. The average molecular weight is 310 g/mol. The van der Waals surface area contributed by atoms with Gasteiger partial charge in [0.15, 0.2) is 5.56 Å². The van der Waals surface area contributed by atoms with E-state index in [1.165, 1.54) is 0 Å². The molecule has 0 aliphatic rings. The summed E-state index contributed by atoms with van der Waals surface area (Å²) in [6, 6.07) is 0.685. The van der Waals surface area contributed by atoms with Gasteiger partial charge in [-0.25, -0.2) is 0 Å². The molecule has 0 bridgehead atoms.